The predicted molar refractivity (Wildman–Crippen MR) is 145 cm³/mol. The van der Waals surface area contributed by atoms with Gasteiger partial charge in [-0.15, -0.1) is 16.9 Å². The number of carbonyl (C=O) groups is 4. The smallest absolute Gasteiger partial charge is 0.352 e. The van der Waals surface area contributed by atoms with Crippen molar-refractivity contribution in [2.24, 2.45) is 5.16 Å². The number of aliphatic carboxylic acids is 2. The molecule has 2 unspecified atom stereocenters. The minimum absolute atomic E-state index is 0.0506. The number of anilines is 1. The van der Waals surface area contributed by atoms with E-state index in [1.807, 2.05) is 12.2 Å². The molecule has 1 saturated heterocycles. The number of allylic oxidation sites excluding steroid dienone is 1. The van der Waals surface area contributed by atoms with E-state index in [2.05, 4.69) is 35.4 Å². The van der Waals surface area contributed by atoms with Crippen molar-refractivity contribution in [2.75, 3.05) is 17.2 Å². The summed E-state index contributed by atoms with van der Waals surface area (Å²) in [5.74, 6) is -3.32. The Morgan fingerprint density at radius 2 is 2.15 bits per heavy atom. The first kappa shape index (κ1) is 28.5. The molecule has 41 heavy (non-hydrogen) atoms. The minimum atomic E-state index is -1.29. The average molecular weight is 623 g/mol. The standard InChI is InChI=1S/C21H22N10O7S3/c22-20-24-15(27-41-20)12(26-38-10-3-1-2-4-10)16(34)23-13-17(35)31-14(19(36)37)9(7-39-18(13)31)8-40-21-25-28-29-30(21)6-5-11(32)33/h1,3,10,13,18H,2,4-8H2,(H,23,34)(H,32,33)(H,36,37)(H2,22,24,27)/b26-12-/t10?,13?,18-/m1/s1. The van der Waals surface area contributed by atoms with Crippen molar-refractivity contribution < 1.29 is 34.2 Å². The third-order valence-corrected chi connectivity index (χ3v) is 8.99. The van der Waals surface area contributed by atoms with Crippen LogP contribution in [-0.2, 0) is 30.6 Å². The van der Waals surface area contributed by atoms with E-state index >= 15 is 0 Å². The number of aromatic nitrogens is 6. The van der Waals surface area contributed by atoms with Gasteiger partial charge in [-0.25, -0.2) is 9.48 Å². The summed E-state index contributed by atoms with van der Waals surface area (Å²) in [7, 11) is 0. The molecule has 0 spiro atoms. The fraction of sp³-hybridized carbons (Fsp3) is 0.429. The lowest BCUT2D eigenvalue weighted by Crippen LogP contribution is -2.71. The maximum Gasteiger partial charge on any atom is 0.352 e. The molecule has 0 bridgehead atoms. The molecule has 1 fully saturated rings. The maximum absolute atomic E-state index is 13.2. The maximum atomic E-state index is 13.2. The number of tetrazole rings is 1. The Bertz CT molecular complexity index is 1470. The lowest BCUT2D eigenvalue weighted by molar-refractivity contribution is -0.150. The van der Waals surface area contributed by atoms with Crippen molar-refractivity contribution in [3.8, 4) is 0 Å². The SMILES string of the molecule is Nc1nc(/C(=N/OC2C=CCC2)C(=O)NC2C(=O)N3C(C(=O)O)=C(CSc4nnnn4CCC(=O)O)CS[C@H]23)ns1. The van der Waals surface area contributed by atoms with Crippen molar-refractivity contribution >= 4 is 69.7 Å². The molecule has 2 aliphatic heterocycles. The topological polar surface area (TPSA) is 241 Å². The van der Waals surface area contributed by atoms with Gasteiger partial charge >= 0.3 is 11.9 Å². The van der Waals surface area contributed by atoms with E-state index in [-0.39, 0.29) is 52.9 Å². The van der Waals surface area contributed by atoms with Gasteiger partial charge in [0, 0.05) is 23.0 Å². The summed E-state index contributed by atoms with van der Waals surface area (Å²) in [5.41, 5.74) is 5.70. The minimum Gasteiger partial charge on any atom is -0.481 e. The largest absolute Gasteiger partial charge is 0.481 e. The number of β-lactam (4-membered cyclic amide) rings is 1. The van der Waals surface area contributed by atoms with Gasteiger partial charge in [-0.2, -0.15) is 9.36 Å². The number of nitrogens with zero attached hydrogens (tertiary/aromatic N) is 8. The number of carboxylic acids is 2. The van der Waals surface area contributed by atoms with Crippen LogP contribution in [0.2, 0.25) is 0 Å². The van der Waals surface area contributed by atoms with Gasteiger partial charge in [0.2, 0.25) is 16.7 Å². The number of fused-ring (bicyclic) bond motifs is 1. The fourth-order valence-electron chi connectivity index (χ4n) is 4.13. The highest BCUT2D eigenvalue weighted by atomic mass is 32.2. The molecular weight excluding hydrogens is 600 g/mol. The molecule has 3 atom stereocenters. The average Bonchev–Trinajstić information content (AvgIpc) is 3.71. The molecule has 0 saturated carbocycles. The molecule has 1 aliphatic carbocycles. The number of nitrogen functional groups attached to an aromatic ring is 1. The quantitative estimate of drug-likeness (QED) is 0.0770. The number of thioether (sulfide) groups is 2. The van der Waals surface area contributed by atoms with Crippen molar-refractivity contribution in [2.45, 2.75) is 48.5 Å². The Labute approximate surface area is 243 Å². The molecule has 2 aromatic heterocycles. The van der Waals surface area contributed by atoms with Gasteiger partial charge in [0.15, 0.2) is 5.13 Å². The second kappa shape index (κ2) is 12.2. The molecule has 0 radical (unpaired) electrons. The Morgan fingerprint density at radius 3 is 2.83 bits per heavy atom. The van der Waals surface area contributed by atoms with E-state index in [1.54, 1.807) is 0 Å². The van der Waals surface area contributed by atoms with Crippen LogP contribution in [-0.4, -0.2) is 103 Å². The highest BCUT2D eigenvalue weighted by Gasteiger charge is 2.54. The summed E-state index contributed by atoms with van der Waals surface area (Å²) in [6.07, 6.45) is 4.77. The van der Waals surface area contributed by atoms with Gasteiger partial charge in [-0.3, -0.25) is 19.3 Å². The van der Waals surface area contributed by atoms with Crippen LogP contribution in [0.15, 0.2) is 33.7 Å². The first-order chi connectivity index (χ1) is 19.7. The van der Waals surface area contributed by atoms with Crippen LogP contribution < -0.4 is 11.1 Å². The van der Waals surface area contributed by atoms with Crippen LogP contribution in [0.4, 0.5) is 5.13 Å². The number of oxime groups is 1. The van der Waals surface area contributed by atoms with E-state index in [1.165, 1.54) is 16.4 Å². The fourth-order valence-corrected chi connectivity index (χ4v) is 6.95. The van der Waals surface area contributed by atoms with Crippen LogP contribution in [0, 0.1) is 0 Å². The number of carboxylic acid groups (broad SMARTS) is 2. The molecule has 20 heteroatoms. The molecular formula is C21H22N10O7S3. The van der Waals surface area contributed by atoms with Gasteiger partial charge in [-0.1, -0.05) is 23.0 Å². The molecule has 3 aliphatic rings. The highest BCUT2D eigenvalue weighted by Crippen LogP contribution is 2.41. The first-order valence-electron chi connectivity index (χ1n) is 12.0. The summed E-state index contributed by atoms with van der Waals surface area (Å²) >= 11 is 3.29. The predicted octanol–water partition coefficient (Wildman–Crippen LogP) is -0.448. The van der Waals surface area contributed by atoms with Crippen LogP contribution in [0.3, 0.4) is 0 Å². The van der Waals surface area contributed by atoms with E-state index in [4.69, 9.17) is 15.7 Å². The molecule has 17 nitrogen and oxygen atoms in total. The number of hydrogen-bond acceptors (Lipinski definition) is 15. The van der Waals surface area contributed by atoms with Crippen LogP contribution >= 0.6 is 35.1 Å². The molecule has 4 heterocycles. The van der Waals surface area contributed by atoms with E-state index in [0.717, 1.165) is 34.6 Å². The molecule has 216 valence electrons. The Morgan fingerprint density at radius 1 is 1.32 bits per heavy atom. The second-order valence-corrected chi connectivity index (χ2v) is 11.6. The van der Waals surface area contributed by atoms with Crippen LogP contribution in [0.1, 0.15) is 25.1 Å². The van der Waals surface area contributed by atoms with Crippen molar-refractivity contribution in [3.05, 3.63) is 29.2 Å². The summed E-state index contributed by atoms with van der Waals surface area (Å²) < 4.78 is 5.35. The van der Waals surface area contributed by atoms with E-state index < -0.39 is 35.2 Å². The van der Waals surface area contributed by atoms with E-state index in [0.29, 0.717) is 17.2 Å². The summed E-state index contributed by atoms with van der Waals surface area (Å²) in [6, 6.07) is -1.02. The summed E-state index contributed by atoms with van der Waals surface area (Å²) in [5, 5.41) is 36.4. The number of rotatable bonds is 12. The Balaban J connectivity index is 1.28. The normalized spacial score (nSPS) is 22.0. The molecule has 2 amide bonds. The molecule has 2 aromatic rings. The van der Waals surface area contributed by atoms with E-state index in [9.17, 15) is 24.3 Å². The number of nitrogens with one attached hydrogen (secondary N) is 1. The van der Waals surface area contributed by atoms with Crippen molar-refractivity contribution in [1.29, 1.82) is 0 Å². The number of aryl methyl sites for hydroxylation is 1. The van der Waals surface area contributed by atoms with Crippen molar-refractivity contribution in [3.63, 3.8) is 0 Å². The summed E-state index contributed by atoms with van der Waals surface area (Å²) in [6.45, 7) is 0.0506. The Hall–Kier alpha value is -4.04. The molecule has 5 N–H and O–H groups in total. The van der Waals surface area contributed by atoms with Gasteiger partial charge in [0.25, 0.3) is 11.8 Å². The third-order valence-electron chi connectivity index (χ3n) is 6.07. The number of carbonyl (C=O) groups excluding carboxylic acids is 2. The van der Waals surface area contributed by atoms with Crippen LogP contribution in [0.5, 0.6) is 0 Å². The van der Waals surface area contributed by atoms with Gasteiger partial charge in [-0.05, 0) is 34.9 Å². The monoisotopic (exact) mass is 622 g/mol. The zero-order chi connectivity index (χ0) is 29.1. The zero-order valence-electron chi connectivity index (χ0n) is 20.9. The first-order valence-corrected chi connectivity index (χ1v) is 14.9. The molecule has 5 rings (SSSR count). The summed E-state index contributed by atoms with van der Waals surface area (Å²) in [4.78, 5) is 60.0. The van der Waals surface area contributed by atoms with Gasteiger partial charge in [0.1, 0.15) is 23.2 Å². The van der Waals surface area contributed by atoms with Gasteiger partial charge in [0.05, 0.1) is 13.0 Å². The number of nitrogens with two attached hydrogens (primary N) is 1. The number of amides is 2. The Kier molecular flexibility index (Phi) is 8.49. The van der Waals surface area contributed by atoms with Gasteiger partial charge < -0.3 is 26.1 Å². The zero-order valence-corrected chi connectivity index (χ0v) is 23.4. The number of hydrogen-bond donors (Lipinski definition) is 4. The lowest BCUT2D eigenvalue weighted by atomic mass is 10.0. The van der Waals surface area contributed by atoms with Crippen LogP contribution in [0.25, 0.3) is 0 Å². The third kappa shape index (κ3) is 6.17. The molecule has 0 aromatic carbocycles. The highest BCUT2D eigenvalue weighted by molar-refractivity contribution is 8.01. The second-order valence-electron chi connectivity index (χ2n) is 8.78. The van der Waals surface area contributed by atoms with Crippen molar-refractivity contribution in [1.82, 2.24) is 39.8 Å². The lowest BCUT2D eigenvalue weighted by Gasteiger charge is -2.49.